The van der Waals surface area contributed by atoms with Gasteiger partial charge in [0.05, 0.1) is 10.2 Å². The molecule has 0 amide bonds. The second kappa shape index (κ2) is 4.72. The highest BCUT2D eigenvalue weighted by molar-refractivity contribution is 9.10. The van der Waals surface area contributed by atoms with Crippen LogP contribution in [0, 0.1) is 12.7 Å². The van der Waals surface area contributed by atoms with E-state index < -0.39 is 0 Å². The van der Waals surface area contributed by atoms with Crippen molar-refractivity contribution < 1.29 is 4.39 Å². The summed E-state index contributed by atoms with van der Waals surface area (Å²) >= 11 is 6.69. The summed E-state index contributed by atoms with van der Waals surface area (Å²) in [5.74, 6) is -0.272. The lowest BCUT2D eigenvalue weighted by atomic mass is 10.2. The average Bonchev–Trinajstić information content (AvgIpc) is 2.76. The number of hydrogen-bond acceptors (Lipinski definition) is 1. The third-order valence-corrected chi connectivity index (χ3v) is 4.39. The Morgan fingerprint density at radius 1 is 1.11 bits per heavy atom. The highest BCUT2D eigenvalue weighted by Gasteiger charge is 2.08. The standard InChI is InChI=1S/C14H9Br2FN2/c1-8-4-14-18-13(7-19(14)6-11(8)16)9-2-3-12(17)10(15)5-9/h2-7H,1H3. The maximum Gasteiger partial charge on any atom is 0.137 e. The van der Waals surface area contributed by atoms with Crippen LogP contribution in [0.15, 0.2) is 45.6 Å². The van der Waals surface area contributed by atoms with E-state index in [-0.39, 0.29) is 5.82 Å². The minimum absolute atomic E-state index is 0.272. The van der Waals surface area contributed by atoms with Gasteiger partial charge in [0.2, 0.25) is 0 Å². The van der Waals surface area contributed by atoms with E-state index in [4.69, 9.17) is 0 Å². The van der Waals surface area contributed by atoms with E-state index in [1.165, 1.54) is 6.07 Å². The lowest BCUT2D eigenvalue weighted by Crippen LogP contribution is -1.85. The van der Waals surface area contributed by atoms with E-state index in [0.29, 0.717) is 4.47 Å². The van der Waals surface area contributed by atoms with Crippen LogP contribution < -0.4 is 0 Å². The molecule has 3 rings (SSSR count). The molecule has 0 radical (unpaired) electrons. The Hall–Kier alpha value is -1.20. The summed E-state index contributed by atoms with van der Waals surface area (Å²) in [6.07, 6.45) is 3.90. The Labute approximate surface area is 126 Å². The molecule has 0 bridgehead atoms. The molecule has 0 aliphatic rings. The SMILES string of the molecule is Cc1cc2nc(-c3ccc(F)c(Br)c3)cn2cc1Br. The second-order valence-corrected chi connectivity index (χ2v) is 6.03. The number of fused-ring (bicyclic) bond motifs is 1. The van der Waals surface area contributed by atoms with Crippen LogP contribution in [-0.4, -0.2) is 9.38 Å². The van der Waals surface area contributed by atoms with Gasteiger partial charge in [0.1, 0.15) is 11.5 Å². The van der Waals surface area contributed by atoms with Crippen LogP contribution in [0.4, 0.5) is 4.39 Å². The van der Waals surface area contributed by atoms with Crippen molar-refractivity contribution in [3.8, 4) is 11.3 Å². The van der Waals surface area contributed by atoms with Crippen molar-refractivity contribution in [1.82, 2.24) is 9.38 Å². The predicted molar refractivity (Wildman–Crippen MR) is 80.7 cm³/mol. The largest absolute Gasteiger partial charge is 0.305 e. The maximum absolute atomic E-state index is 13.2. The molecule has 0 atom stereocenters. The molecule has 0 saturated heterocycles. The van der Waals surface area contributed by atoms with Gasteiger partial charge in [0.15, 0.2) is 0 Å². The number of aromatic nitrogens is 2. The lowest BCUT2D eigenvalue weighted by Gasteiger charge is -1.98. The quantitative estimate of drug-likeness (QED) is 0.579. The van der Waals surface area contributed by atoms with Crippen LogP contribution in [0.5, 0.6) is 0 Å². The van der Waals surface area contributed by atoms with E-state index in [1.54, 1.807) is 12.1 Å². The molecule has 2 aromatic heterocycles. The molecular weight excluding hydrogens is 375 g/mol. The molecule has 0 spiro atoms. The number of hydrogen-bond donors (Lipinski definition) is 0. The number of pyridine rings is 1. The molecule has 2 heterocycles. The molecule has 2 nitrogen and oxygen atoms in total. The van der Waals surface area contributed by atoms with E-state index in [1.807, 2.05) is 29.8 Å². The molecular formula is C14H9Br2FN2. The van der Waals surface area contributed by atoms with Crippen LogP contribution in [0.1, 0.15) is 5.56 Å². The fourth-order valence-electron chi connectivity index (χ4n) is 1.90. The summed E-state index contributed by atoms with van der Waals surface area (Å²) in [5.41, 5.74) is 3.70. The monoisotopic (exact) mass is 382 g/mol. The number of nitrogens with zero attached hydrogens (tertiary/aromatic N) is 2. The van der Waals surface area contributed by atoms with Gasteiger partial charge in [-0.25, -0.2) is 9.37 Å². The van der Waals surface area contributed by atoms with Crippen molar-refractivity contribution in [2.75, 3.05) is 0 Å². The van der Waals surface area contributed by atoms with E-state index in [9.17, 15) is 4.39 Å². The summed E-state index contributed by atoms with van der Waals surface area (Å²) in [5, 5.41) is 0. The number of aryl methyl sites for hydroxylation is 1. The van der Waals surface area contributed by atoms with Gasteiger partial charge in [0.25, 0.3) is 0 Å². The minimum atomic E-state index is -0.272. The third-order valence-electron chi connectivity index (χ3n) is 2.95. The number of imidazole rings is 1. The summed E-state index contributed by atoms with van der Waals surface area (Å²) in [4.78, 5) is 4.55. The minimum Gasteiger partial charge on any atom is -0.305 e. The fourth-order valence-corrected chi connectivity index (χ4v) is 2.61. The zero-order chi connectivity index (χ0) is 13.6. The van der Waals surface area contributed by atoms with E-state index in [2.05, 4.69) is 36.8 Å². The van der Waals surface area contributed by atoms with Crippen molar-refractivity contribution in [1.29, 1.82) is 0 Å². The Morgan fingerprint density at radius 2 is 1.89 bits per heavy atom. The second-order valence-electron chi connectivity index (χ2n) is 4.32. The number of rotatable bonds is 1. The first-order valence-corrected chi connectivity index (χ1v) is 7.23. The average molecular weight is 384 g/mol. The third kappa shape index (κ3) is 2.32. The summed E-state index contributed by atoms with van der Waals surface area (Å²) in [6, 6.07) is 6.90. The van der Waals surface area contributed by atoms with Gasteiger partial charge >= 0.3 is 0 Å². The van der Waals surface area contributed by atoms with Gasteiger partial charge < -0.3 is 4.40 Å². The van der Waals surface area contributed by atoms with Gasteiger partial charge in [-0.15, -0.1) is 0 Å². The van der Waals surface area contributed by atoms with Crippen LogP contribution in [0.25, 0.3) is 16.9 Å². The fraction of sp³-hybridized carbons (Fsp3) is 0.0714. The maximum atomic E-state index is 13.2. The Morgan fingerprint density at radius 3 is 2.63 bits per heavy atom. The van der Waals surface area contributed by atoms with E-state index in [0.717, 1.165) is 26.9 Å². The molecule has 0 fully saturated rings. The smallest absolute Gasteiger partial charge is 0.137 e. The summed E-state index contributed by atoms with van der Waals surface area (Å²) in [7, 11) is 0. The molecule has 5 heteroatoms. The van der Waals surface area contributed by atoms with Gasteiger partial charge in [-0.2, -0.15) is 0 Å². The lowest BCUT2D eigenvalue weighted by molar-refractivity contribution is 0.621. The molecule has 0 aliphatic carbocycles. The van der Waals surface area contributed by atoms with Crippen molar-refractivity contribution in [3.05, 3.63) is 57.0 Å². The van der Waals surface area contributed by atoms with Crippen LogP contribution in [0.2, 0.25) is 0 Å². The molecule has 0 aliphatic heterocycles. The summed E-state index contributed by atoms with van der Waals surface area (Å²) in [6.45, 7) is 2.02. The zero-order valence-electron chi connectivity index (χ0n) is 9.99. The van der Waals surface area contributed by atoms with Crippen molar-refractivity contribution in [2.45, 2.75) is 6.92 Å². The van der Waals surface area contributed by atoms with Gasteiger partial charge in [-0.1, -0.05) is 0 Å². The Balaban J connectivity index is 2.17. The predicted octanol–water partition coefficient (Wildman–Crippen LogP) is 4.97. The van der Waals surface area contributed by atoms with Crippen LogP contribution >= 0.6 is 31.9 Å². The zero-order valence-corrected chi connectivity index (χ0v) is 13.2. The summed E-state index contributed by atoms with van der Waals surface area (Å²) < 4.78 is 16.7. The normalized spacial score (nSPS) is 11.2. The van der Waals surface area contributed by atoms with Crippen LogP contribution in [-0.2, 0) is 0 Å². The van der Waals surface area contributed by atoms with Crippen LogP contribution in [0.3, 0.4) is 0 Å². The van der Waals surface area contributed by atoms with Gasteiger partial charge in [-0.05, 0) is 68.6 Å². The van der Waals surface area contributed by atoms with Crippen molar-refractivity contribution in [3.63, 3.8) is 0 Å². The van der Waals surface area contributed by atoms with Gasteiger partial charge in [0, 0.05) is 22.4 Å². The number of halogens is 3. The van der Waals surface area contributed by atoms with Crippen molar-refractivity contribution in [2.24, 2.45) is 0 Å². The molecule has 0 saturated carbocycles. The topological polar surface area (TPSA) is 17.3 Å². The molecule has 1 aromatic carbocycles. The molecule has 0 N–H and O–H groups in total. The molecule has 96 valence electrons. The van der Waals surface area contributed by atoms with Crippen molar-refractivity contribution >= 4 is 37.5 Å². The van der Waals surface area contributed by atoms with Gasteiger partial charge in [-0.3, -0.25) is 0 Å². The number of benzene rings is 1. The molecule has 3 aromatic rings. The van der Waals surface area contributed by atoms with E-state index >= 15 is 0 Å². The first-order chi connectivity index (χ1) is 9.04. The first-order valence-electron chi connectivity index (χ1n) is 5.65. The Bertz CT molecular complexity index is 741. The first kappa shape index (κ1) is 12.8. The Kier molecular flexibility index (Phi) is 3.19. The molecule has 19 heavy (non-hydrogen) atoms. The highest BCUT2D eigenvalue weighted by Crippen LogP contribution is 2.26. The molecule has 0 unspecified atom stereocenters. The highest BCUT2D eigenvalue weighted by atomic mass is 79.9.